The lowest BCUT2D eigenvalue weighted by atomic mass is 10.2. The van der Waals surface area contributed by atoms with E-state index in [-0.39, 0.29) is 22.0 Å². The highest BCUT2D eigenvalue weighted by molar-refractivity contribution is 7.91. The van der Waals surface area contributed by atoms with E-state index in [1.165, 1.54) is 24.3 Å². The van der Waals surface area contributed by atoms with Gasteiger partial charge in [0.1, 0.15) is 12.1 Å². The van der Waals surface area contributed by atoms with Crippen LogP contribution in [0.25, 0.3) is 0 Å². The molecule has 0 unspecified atom stereocenters. The first-order chi connectivity index (χ1) is 12.6. The number of nitrogens with one attached hydrogen (secondary N) is 2. The smallest absolute Gasteiger partial charge is 0.408 e. The molecule has 0 aromatic heterocycles. The second kappa shape index (κ2) is 8.22. The number of alkyl carbamates (subject to hydrolysis) is 1. The standard InChI is InChI=1S/C19H22N2O5S/c1-19(2,3)26-18(23)20-13-17(22)21-15-11-7-8-12-16(15)27(24,25)14-9-5-4-6-10-14/h4-12H,13H2,1-3H3,(H,20,23)(H,21,22). The monoisotopic (exact) mass is 390 g/mol. The molecule has 0 bridgehead atoms. The molecule has 2 amide bonds. The van der Waals surface area contributed by atoms with Gasteiger partial charge in [0.05, 0.1) is 15.5 Å². The fourth-order valence-corrected chi connectivity index (χ4v) is 3.63. The van der Waals surface area contributed by atoms with Crippen molar-refractivity contribution in [1.29, 1.82) is 0 Å². The van der Waals surface area contributed by atoms with Crippen molar-refractivity contribution >= 4 is 27.5 Å². The van der Waals surface area contributed by atoms with Crippen LogP contribution in [0.5, 0.6) is 0 Å². The Kier molecular flexibility index (Phi) is 6.22. The van der Waals surface area contributed by atoms with E-state index in [2.05, 4.69) is 10.6 Å². The third-order valence-electron chi connectivity index (χ3n) is 3.30. The van der Waals surface area contributed by atoms with Gasteiger partial charge in [-0.25, -0.2) is 13.2 Å². The largest absolute Gasteiger partial charge is 0.444 e. The maximum atomic E-state index is 12.8. The SMILES string of the molecule is CC(C)(C)OC(=O)NCC(=O)Nc1ccccc1S(=O)(=O)c1ccccc1. The summed E-state index contributed by atoms with van der Waals surface area (Å²) in [4.78, 5) is 23.8. The molecule has 0 aliphatic carbocycles. The number of hydrogen-bond acceptors (Lipinski definition) is 5. The number of carbonyl (C=O) groups excluding carboxylic acids is 2. The second-order valence-corrected chi connectivity index (χ2v) is 8.63. The molecule has 7 nitrogen and oxygen atoms in total. The summed E-state index contributed by atoms with van der Waals surface area (Å²) in [6.07, 6.45) is -0.733. The van der Waals surface area contributed by atoms with Gasteiger partial charge in [-0.2, -0.15) is 0 Å². The molecular formula is C19H22N2O5S. The Bertz CT molecular complexity index is 919. The first-order valence-corrected chi connectivity index (χ1v) is 9.74. The van der Waals surface area contributed by atoms with E-state index in [0.717, 1.165) is 0 Å². The van der Waals surface area contributed by atoms with Gasteiger partial charge in [-0.3, -0.25) is 4.79 Å². The van der Waals surface area contributed by atoms with E-state index in [1.54, 1.807) is 51.1 Å². The zero-order valence-electron chi connectivity index (χ0n) is 15.4. The Labute approximate surface area is 158 Å². The van der Waals surface area contributed by atoms with Gasteiger partial charge in [0, 0.05) is 0 Å². The molecule has 2 aromatic rings. The van der Waals surface area contributed by atoms with Crippen LogP contribution in [0.15, 0.2) is 64.4 Å². The molecule has 2 rings (SSSR count). The lowest BCUT2D eigenvalue weighted by molar-refractivity contribution is -0.115. The van der Waals surface area contributed by atoms with Crippen LogP contribution >= 0.6 is 0 Å². The number of amides is 2. The number of anilines is 1. The first-order valence-electron chi connectivity index (χ1n) is 8.25. The summed E-state index contributed by atoms with van der Waals surface area (Å²) in [5.74, 6) is -0.573. The van der Waals surface area contributed by atoms with Gasteiger partial charge in [0.2, 0.25) is 15.7 Å². The number of hydrogen-bond donors (Lipinski definition) is 2. The maximum absolute atomic E-state index is 12.8. The minimum absolute atomic E-state index is 0.0261. The molecule has 0 heterocycles. The van der Waals surface area contributed by atoms with E-state index < -0.39 is 27.4 Å². The average molecular weight is 390 g/mol. The third-order valence-corrected chi connectivity index (χ3v) is 5.12. The molecular weight excluding hydrogens is 368 g/mol. The Hall–Kier alpha value is -2.87. The minimum Gasteiger partial charge on any atom is -0.444 e. The fraction of sp³-hybridized carbons (Fsp3) is 0.263. The normalized spacial score (nSPS) is 11.5. The number of carbonyl (C=O) groups is 2. The van der Waals surface area contributed by atoms with Crippen LogP contribution in [0.1, 0.15) is 20.8 Å². The quantitative estimate of drug-likeness (QED) is 0.817. The van der Waals surface area contributed by atoms with Gasteiger partial charge < -0.3 is 15.4 Å². The number of benzene rings is 2. The van der Waals surface area contributed by atoms with Crippen molar-refractivity contribution in [3.05, 3.63) is 54.6 Å². The molecule has 0 atom stereocenters. The fourth-order valence-electron chi connectivity index (χ4n) is 2.19. The van der Waals surface area contributed by atoms with Crippen molar-refractivity contribution in [3.8, 4) is 0 Å². The van der Waals surface area contributed by atoms with E-state index in [1.807, 2.05) is 0 Å². The van der Waals surface area contributed by atoms with Crippen molar-refractivity contribution in [2.45, 2.75) is 36.2 Å². The zero-order chi connectivity index (χ0) is 20.1. The van der Waals surface area contributed by atoms with Crippen LogP contribution in [0.3, 0.4) is 0 Å². The van der Waals surface area contributed by atoms with Gasteiger partial charge in [0.25, 0.3) is 0 Å². The van der Waals surface area contributed by atoms with Crippen molar-refractivity contribution < 1.29 is 22.7 Å². The molecule has 27 heavy (non-hydrogen) atoms. The Morgan fingerprint density at radius 2 is 1.56 bits per heavy atom. The molecule has 2 N–H and O–H groups in total. The molecule has 2 aromatic carbocycles. The molecule has 8 heteroatoms. The summed E-state index contributed by atoms with van der Waals surface area (Å²) in [6, 6.07) is 14.0. The average Bonchev–Trinajstić information content (AvgIpc) is 2.60. The molecule has 0 radical (unpaired) electrons. The third kappa shape index (κ3) is 5.82. The molecule has 0 saturated carbocycles. The molecule has 0 aliphatic heterocycles. The highest BCUT2D eigenvalue weighted by Crippen LogP contribution is 2.27. The van der Waals surface area contributed by atoms with Crippen LogP contribution in [-0.2, 0) is 19.4 Å². The summed E-state index contributed by atoms with van der Waals surface area (Å²) < 4.78 is 30.7. The zero-order valence-corrected chi connectivity index (χ0v) is 16.2. The van der Waals surface area contributed by atoms with Crippen LogP contribution < -0.4 is 10.6 Å². The predicted molar refractivity (Wildman–Crippen MR) is 101 cm³/mol. The Balaban J connectivity index is 2.12. The van der Waals surface area contributed by atoms with Gasteiger partial charge in [-0.15, -0.1) is 0 Å². The topological polar surface area (TPSA) is 102 Å². The Morgan fingerprint density at radius 1 is 0.963 bits per heavy atom. The summed E-state index contributed by atoms with van der Waals surface area (Å²) in [5.41, 5.74) is -0.547. The lowest BCUT2D eigenvalue weighted by Gasteiger charge is -2.19. The molecule has 0 saturated heterocycles. The van der Waals surface area contributed by atoms with E-state index in [0.29, 0.717) is 0 Å². The number of para-hydroxylation sites is 1. The summed E-state index contributed by atoms with van der Waals surface area (Å²) in [6.45, 7) is 4.76. The van der Waals surface area contributed by atoms with Gasteiger partial charge in [-0.05, 0) is 45.0 Å². The van der Waals surface area contributed by atoms with Gasteiger partial charge in [0.15, 0.2) is 0 Å². The summed E-state index contributed by atoms with van der Waals surface area (Å²) in [5, 5.41) is 4.84. The van der Waals surface area contributed by atoms with Crippen LogP contribution in [0.4, 0.5) is 10.5 Å². The van der Waals surface area contributed by atoms with Gasteiger partial charge >= 0.3 is 6.09 Å². The molecule has 144 valence electrons. The molecule has 0 aliphatic rings. The summed E-state index contributed by atoms with van der Waals surface area (Å²) in [7, 11) is -3.80. The second-order valence-electron chi connectivity index (χ2n) is 6.72. The van der Waals surface area contributed by atoms with Crippen molar-refractivity contribution in [1.82, 2.24) is 5.32 Å². The van der Waals surface area contributed by atoms with E-state index in [9.17, 15) is 18.0 Å². The highest BCUT2D eigenvalue weighted by atomic mass is 32.2. The number of ether oxygens (including phenoxy) is 1. The van der Waals surface area contributed by atoms with Gasteiger partial charge in [-0.1, -0.05) is 30.3 Å². The van der Waals surface area contributed by atoms with Crippen molar-refractivity contribution in [2.75, 3.05) is 11.9 Å². The highest BCUT2D eigenvalue weighted by Gasteiger charge is 2.22. The van der Waals surface area contributed by atoms with Crippen LogP contribution in [0.2, 0.25) is 0 Å². The lowest BCUT2D eigenvalue weighted by Crippen LogP contribution is -2.37. The molecule has 0 spiro atoms. The number of sulfone groups is 1. The van der Waals surface area contributed by atoms with Crippen molar-refractivity contribution in [2.24, 2.45) is 0 Å². The Morgan fingerprint density at radius 3 is 2.19 bits per heavy atom. The summed E-state index contributed by atoms with van der Waals surface area (Å²) >= 11 is 0. The van der Waals surface area contributed by atoms with Crippen molar-refractivity contribution in [3.63, 3.8) is 0 Å². The number of rotatable bonds is 5. The minimum atomic E-state index is -3.80. The van der Waals surface area contributed by atoms with E-state index in [4.69, 9.17) is 4.74 Å². The van der Waals surface area contributed by atoms with Crippen LogP contribution in [0, 0.1) is 0 Å². The van der Waals surface area contributed by atoms with Crippen LogP contribution in [-0.4, -0.2) is 32.6 Å². The predicted octanol–water partition coefficient (Wildman–Crippen LogP) is 2.98. The van der Waals surface area contributed by atoms with E-state index >= 15 is 0 Å². The first kappa shape index (κ1) is 20.4. The maximum Gasteiger partial charge on any atom is 0.408 e. The molecule has 0 fully saturated rings.